The van der Waals surface area contributed by atoms with Crippen LogP contribution >= 0.6 is 0 Å². The molecule has 410 valence electrons. The van der Waals surface area contributed by atoms with E-state index in [0.717, 1.165) is 32.1 Å². The molecule has 1 spiro atoms. The van der Waals surface area contributed by atoms with Crippen LogP contribution in [0.15, 0.2) is 11.6 Å². The van der Waals surface area contributed by atoms with Gasteiger partial charge in [0.25, 0.3) is 0 Å². The summed E-state index contributed by atoms with van der Waals surface area (Å²) in [6, 6.07) is 0. The average molecular weight is 1030 g/mol. The molecule has 72 heavy (non-hydrogen) atoms. The molecule has 3 saturated carbocycles. The third-order valence-corrected chi connectivity index (χ3v) is 18.8. The molecular formula is C50H78O22. The molecule has 22 heteroatoms. The Kier molecular flexibility index (Phi) is 15.8. The molecule has 0 aromatic carbocycles. The zero-order chi connectivity index (χ0) is 52.0. The van der Waals surface area contributed by atoms with Crippen LogP contribution < -0.4 is 0 Å². The third-order valence-electron chi connectivity index (χ3n) is 18.8. The van der Waals surface area contributed by atoms with Crippen LogP contribution in [-0.4, -0.2) is 210 Å². The van der Waals surface area contributed by atoms with Gasteiger partial charge >= 0.3 is 11.9 Å². The van der Waals surface area contributed by atoms with Crippen molar-refractivity contribution in [3.8, 4) is 0 Å². The minimum absolute atomic E-state index is 0.00276. The maximum atomic E-state index is 12.5. The van der Waals surface area contributed by atoms with E-state index in [0.29, 0.717) is 43.4 Å². The maximum absolute atomic E-state index is 12.5. The van der Waals surface area contributed by atoms with Crippen molar-refractivity contribution in [2.75, 3.05) is 19.8 Å². The molecule has 0 aromatic heterocycles. The van der Waals surface area contributed by atoms with Crippen molar-refractivity contribution in [3.63, 3.8) is 0 Å². The number of ether oxygens (including phenoxy) is 9. The molecule has 0 bridgehead atoms. The highest BCUT2D eigenvalue weighted by molar-refractivity contribution is 5.73. The van der Waals surface area contributed by atoms with Gasteiger partial charge in [-0.1, -0.05) is 32.4 Å². The first-order chi connectivity index (χ1) is 33.9. The van der Waals surface area contributed by atoms with Crippen molar-refractivity contribution in [2.24, 2.45) is 40.4 Å². The lowest BCUT2D eigenvalue weighted by molar-refractivity contribution is -0.383. The summed E-state index contributed by atoms with van der Waals surface area (Å²) in [6.07, 6.45) is -16.0. The molecule has 0 radical (unpaired) electrons. The summed E-state index contributed by atoms with van der Waals surface area (Å²) < 4.78 is 55.1. The van der Waals surface area contributed by atoms with Crippen LogP contribution in [0.4, 0.5) is 0 Å². The van der Waals surface area contributed by atoms with Gasteiger partial charge in [0.05, 0.1) is 56.1 Å². The van der Waals surface area contributed by atoms with E-state index >= 15 is 0 Å². The van der Waals surface area contributed by atoms with E-state index in [1.165, 1.54) is 19.4 Å². The van der Waals surface area contributed by atoms with Gasteiger partial charge in [0.1, 0.15) is 73.8 Å². The fourth-order valence-corrected chi connectivity index (χ4v) is 15.0. The van der Waals surface area contributed by atoms with E-state index < -0.39 is 148 Å². The van der Waals surface area contributed by atoms with Gasteiger partial charge in [-0.05, 0) is 99.7 Å². The van der Waals surface area contributed by atoms with Gasteiger partial charge in [0, 0.05) is 12.3 Å². The first-order valence-electron chi connectivity index (χ1n) is 26.0. The van der Waals surface area contributed by atoms with Gasteiger partial charge in [0.15, 0.2) is 24.7 Å². The molecule has 0 amide bonds. The highest BCUT2D eigenvalue weighted by Gasteiger charge is 2.69. The van der Waals surface area contributed by atoms with E-state index in [1.807, 2.05) is 0 Å². The van der Waals surface area contributed by atoms with Crippen molar-refractivity contribution < 1.29 is 108 Å². The Balaban J connectivity index is 0.862. The number of hydrogen-bond acceptors (Lipinski definition) is 21. The second kappa shape index (κ2) is 20.7. The molecule has 11 N–H and O–H groups in total. The number of rotatable bonds is 14. The normalized spacial score (nSPS) is 51.9. The molecule has 9 rings (SSSR count). The molecular weight excluding hydrogens is 953 g/mol. The number of carbonyl (C=O) groups excluding carboxylic acids is 1. The quantitative estimate of drug-likeness (QED) is 0.0742. The highest BCUT2D eigenvalue weighted by Crippen LogP contribution is 2.71. The first-order valence-corrected chi connectivity index (χ1v) is 26.0. The number of allylic oxidation sites excluding steroid dienone is 1. The number of aliphatic hydroxyl groups is 10. The Hall–Kier alpha value is -2.04. The summed E-state index contributed by atoms with van der Waals surface area (Å²) in [5, 5.41) is 116. The number of aliphatic hydroxyl groups excluding tert-OH is 9. The van der Waals surface area contributed by atoms with Gasteiger partial charge in [-0.2, -0.15) is 0 Å². The predicted molar refractivity (Wildman–Crippen MR) is 242 cm³/mol. The van der Waals surface area contributed by atoms with E-state index in [9.17, 15) is 60.7 Å². The standard InChI is InChI=1S/C50H78O22/c1-21-34-29(72-50(21)13-9-25(71-50)20-64-33(55)17-47(3,63)16-32(53)54)15-28-26-7-6-23-14-24(8-11-48(23,4)27(26)10-12-49(28,34)5)66-46-43(70-45-39(60)37(58)35(56)22(2)65-45)40(61)41(31(19-52)68-46)69-42-38(59)36(57)30(18-51)67-44(42)62/h6,21-22,24-31,34-46,51-52,56-63H,7-20H2,1-5H3,(H,53,54). The summed E-state index contributed by atoms with van der Waals surface area (Å²) in [5.74, 6) is -1.12. The molecule has 9 aliphatic rings. The SMILES string of the molecule is CC1OC(OC2C(OC3CCC4(C)C(=CCC5C4CCC4(C)C5CC5OC6(CCC(COC(=O)CC(C)(O)CC(=O)O)O6)C(C)C54)C3)OC(CO)C(OC3C(O)OC(CO)C(O)C3O)C2O)C(O)C(O)C1O. The van der Waals surface area contributed by atoms with Crippen molar-refractivity contribution in [3.05, 3.63) is 11.6 Å². The Labute approximate surface area is 418 Å². The minimum atomic E-state index is -1.88. The highest BCUT2D eigenvalue weighted by atomic mass is 16.8. The predicted octanol–water partition coefficient (Wildman–Crippen LogP) is -0.894. The zero-order valence-electron chi connectivity index (χ0n) is 41.7. The number of carbonyl (C=O) groups is 2. The van der Waals surface area contributed by atoms with E-state index in [2.05, 4.69) is 26.8 Å². The first kappa shape index (κ1) is 54.7. The smallest absolute Gasteiger partial charge is 0.308 e. The van der Waals surface area contributed by atoms with Crippen molar-refractivity contribution >= 4 is 11.9 Å². The van der Waals surface area contributed by atoms with Crippen LogP contribution in [0, 0.1) is 40.4 Å². The number of carboxylic acids is 1. The molecule has 0 aromatic rings. The van der Waals surface area contributed by atoms with Crippen LogP contribution in [0.1, 0.15) is 105 Å². The van der Waals surface area contributed by atoms with E-state index in [-0.39, 0.29) is 41.5 Å². The molecule has 5 saturated heterocycles. The van der Waals surface area contributed by atoms with Gasteiger partial charge in [0.2, 0.25) is 0 Å². The van der Waals surface area contributed by atoms with Crippen LogP contribution in [0.2, 0.25) is 0 Å². The fourth-order valence-electron chi connectivity index (χ4n) is 15.0. The fraction of sp³-hybridized carbons (Fsp3) is 0.920. The topological polar surface area (TPSA) is 340 Å². The van der Waals surface area contributed by atoms with Crippen LogP contribution in [-0.2, 0) is 52.2 Å². The average Bonchev–Trinajstić information content (AvgIpc) is 3.96. The third kappa shape index (κ3) is 9.84. The monoisotopic (exact) mass is 1030 g/mol. The Morgan fingerprint density at radius 2 is 1.49 bits per heavy atom. The zero-order valence-corrected chi connectivity index (χ0v) is 41.7. The van der Waals surface area contributed by atoms with Gasteiger partial charge in [-0.3, -0.25) is 9.59 Å². The second-order valence-corrected chi connectivity index (χ2v) is 23.3. The lowest BCUT2D eigenvalue weighted by Crippen LogP contribution is -2.67. The molecule has 8 fully saturated rings. The molecule has 27 atom stereocenters. The summed E-state index contributed by atoms with van der Waals surface area (Å²) >= 11 is 0. The molecule has 22 nitrogen and oxygen atoms in total. The van der Waals surface area contributed by atoms with Crippen molar-refractivity contribution in [1.29, 1.82) is 0 Å². The van der Waals surface area contributed by atoms with Crippen molar-refractivity contribution in [1.82, 2.24) is 0 Å². The number of aliphatic carboxylic acids is 1. The van der Waals surface area contributed by atoms with E-state index in [4.69, 9.17) is 47.7 Å². The molecule has 27 unspecified atom stereocenters. The van der Waals surface area contributed by atoms with Gasteiger partial charge in [-0.25, -0.2) is 0 Å². The molecule has 4 aliphatic carbocycles. The molecule has 5 heterocycles. The summed E-state index contributed by atoms with van der Waals surface area (Å²) in [4.78, 5) is 23.6. The van der Waals surface area contributed by atoms with Gasteiger partial charge in [-0.15, -0.1) is 0 Å². The number of carboxylic acid groups (broad SMARTS) is 1. The maximum Gasteiger partial charge on any atom is 0.308 e. The van der Waals surface area contributed by atoms with Crippen LogP contribution in [0.5, 0.6) is 0 Å². The largest absolute Gasteiger partial charge is 0.481 e. The molecule has 5 aliphatic heterocycles. The van der Waals surface area contributed by atoms with E-state index in [1.54, 1.807) is 0 Å². The minimum Gasteiger partial charge on any atom is -0.481 e. The Morgan fingerprint density at radius 3 is 2.19 bits per heavy atom. The van der Waals surface area contributed by atoms with Crippen LogP contribution in [0.25, 0.3) is 0 Å². The number of esters is 1. The van der Waals surface area contributed by atoms with Crippen molar-refractivity contribution in [2.45, 2.75) is 227 Å². The summed E-state index contributed by atoms with van der Waals surface area (Å²) in [7, 11) is 0. The lowest BCUT2D eigenvalue weighted by Gasteiger charge is -2.58. The Morgan fingerprint density at radius 1 is 0.750 bits per heavy atom. The Bertz CT molecular complexity index is 1970. The second-order valence-electron chi connectivity index (χ2n) is 23.3. The summed E-state index contributed by atoms with van der Waals surface area (Å²) in [5.41, 5.74) is -0.599. The number of fused-ring (bicyclic) bond motifs is 7. The number of hydrogen-bond donors (Lipinski definition) is 11. The summed E-state index contributed by atoms with van der Waals surface area (Å²) in [6.45, 7) is 8.30. The lowest BCUT2D eigenvalue weighted by atomic mass is 9.47. The van der Waals surface area contributed by atoms with Gasteiger partial charge < -0.3 is 98.8 Å². The van der Waals surface area contributed by atoms with Crippen LogP contribution in [0.3, 0.4) is 0 Å².